The van der Waals surface area contributed by atoms with Crippen LogP contribution in [-0.2, 0) is 0 Å². The molecule has 0 amide bonds. The highest BCUT2D eigenvalue weighted by atomic mass is 35.5. The smallest absolute Gasteiger partial charge is 0.343 e. The molecule has 0 saturated carbocycles. The van der Waals surface area contributed by atoms with Gasteiger partial charge in [0.1, 0.15) is 28.9 Å². The second-order valence-electron chi connectivity index (χ2n) is 8.26. The summed E-state index contributed by atoms with van der Waals surface area (Å²) in [4.78, 5) is 12.9. The Morgan fingerprint density at radius 1 is 1.08 bits per heavy atom. The average Bonchev–Trinajstić information content (AvgIpc) is 2.89. The van der Waals surface area contributed by atoms with E-state index in [9.17, 15) is 10.1 Å². The Morgan fingerprint density at radius 2 is 1.76 bits per heavy atom. The van der Waals surface area contributed by atoms with Crippen LogP contribution in [0.5, 0.6) is 23.0 Å². The maximum atomic E-state index is 12.9. The molecular formula is C28H24Cl2N2O5. The molecule has 1 atom stereocenters. The van der Waals surface area contributed by atoms with Gasteiger partial charge in [-0.05, 0) is 42.3 Å². The van der Waals surface area contributed by atoms with Gasteiger partial charge in [-0.25, -0.2) is 4.79 Å². The van der Waals surface area contributed by atoms with Crippen molar-refractivity contribution in [3.63, 3.8) is 0 Å². The number of nitrogens with zero attached hydrogens (tertiary/aromatic N) is 1. The zero-order valence-electron chi connectivity index (χ0n) is 20.2. The SMILES string of the molecule is CCCCOc1c(Cl)cc(C(=O)Oc2ccc3c(c2)OC(N)=C(C#N)C3c2ccc(OC)cc2)cc1Cl. The van der Waals surface area contributed by atoms with Crippen LogP contribution in [0.3, 0.4) is 0 Å². The van der Waals surface area contributed by atoms with Crippen molar-refractivity contribution in [2.24, 2.45) is 5.73 Å². The van der Waals surface area contributed by atoms with Crippen LogP contribution in [0, 0.1) is 11.3 Å². The molecule has 0 aromatic heterocycles. The molecule has 1 unspecified atom stereocenters. The summed E-state index contributed by atoms with van der Waals surface area (Å²) in [5, 5.41) is 10.2. The molecule has 3 aromatic rings. The zero-order valence-corrected chi connectivity index (χ0v) is 21.7. The highest BCUT2D eigenvalue weighted by Gasteiger charge is 2.31. The number of fused-ring (bicyclic) bond motifs is 1. The molecule has 3 aromatic carbocycles. The van der Waals surface area contributed by atoms with E-state index in [1.54, 1.807) is 25.3 Å². The fourth-order valence-corrected chi connectivity index (χ4v) is 4.53. The van der Waals surface area contributed by atoms with Crippen molar-refractivity contribution in [3.05, 3.63) is 92.8 Å². The molecule has 1 aliphatic heterocycles. The van der Waals surface area contributed by atoms with E-state index in [1.807, 2.05) is 31.2 Å². The second kappa shape index (κ2) is 11.5. The summed E-state index contributed by atoms with van der Waals surface area (Å²) in [6.45, 7) is 2.52. The molecule has 0 saturated heterocycles. The van der Waals surface area contributed by atoms with Gasteiger partial charge in [0.05, 0.1) is 35.2 Å². The van der Waals surface area contributed by atoms with Crippen molar-refractivity contribution in [3.8, 4) is 29.1 Å². The number of benzene rings is 3. The maximum Gasteiger partial charge on any atom is 0.343 e. The molecule has 4 rings (SSSR count). The number of carbonyl (C=O) groups excluding carboxylic acids is 1. The zero-order chi connectivity index (χ0) is 26.5. The van der Waals surface area contributed by atoms with Crippen LogP contribution < -0.4 is 24.7 Å². The van der Waals surface area contributed by atoms with Gasteiger partial charge >= 0.3 is 5.97 Å². The number of ether oxygens (including phenoxy) is 4. The molecule has 7 nitrogen and oxygen atoms in total. The van der Waals surface area contributed by atoms with E-state index in [0.717, 1.165) is 18.4 Å². The lowest BCUT2D eigenvalue weighted by Gasteiger charge is -2.26. The maximum absolute atomic E-state index is 12.9. The molecule has 0 spiro atoms. The predicted molar refractivity (Wildman–Crippen MR) is 141 cm³/mol. The van der Waals surface area contributed by atoms with Gasteiger partial charge in [0, 0.05) is 11.6 Å². The molecule has 9 heteroatoms. The first-order valence-electron chi connectivity index (χ1n) is 11.6. The number of nitrogens with two attached hydrogens (primary N) is 1. The molecule has 37 heavy (non-hydrogen) atoms. The topological polar surface area (TPSA) is 104 Å². The molecule has 0 fully saturated rings. The number of nitriles is 1. The highest BCUT2D eigenvalue weighted by molar-refractivity contribution is 6.37. The van der Waals surface area contributed by atoms with Gasteiger partial charge in [-0.15, -0.1) is 0 Å². The van der Waals surface area contributed by atoms with Crippen molar-refractivity contribution < 1.29 is 23.7 Å². The number of hydrogen-bond donors (Lipinski definition) is 1. The third-order valence-corrected chi connectivity index (χ3v) is 6.39. The van der Waals surface area contributed by atoms with Crippen LogP contribution in [0.15, 0.2) is 66.1 Å². The molecule has 0 bridgehead atoms. The molecule has 0 aliphatic carbocycles. The molecule has 0 radical (unpaired) electrons. The largest absolute Gasteiger partial charge is 0.497 e. The lowest BCUT2D eigenvalue weighted by atomic mass is 9.83. The first kappa shape index (κ1) is 26.2. The number of unbranched alkanes of at least 4 members (excludes halogenated alkanes) is 1. The normalized spacial score (nSPS) is 14.3. The van der Waals surface area contributed by atoms with E-state index in [4.69, 9.17) is 47.9 Å². The minimum absolute atomic E-state index is 0.0171. The Kier molecular flexibility index (Phi) is 8.12. The minimum Gasteiger partial charge on any atom is -0.497 e. The van der Waals surface area contributed by atoms with Crippen LogP contribution >= 0.6 is 23.2 Å². The number of halogens is 2. The summed E-state index contributed by atoms with van der Waals surface area (Å²) in [5.74, 6) is 0.482. The Hall–Kier alpha value is -3.86. The fourth-order valence-electron chi connectivity index (χ4n) is 3.94. The van der Waals surface area contributed by atoms with Crippen LogP contribution in [0.4, 0.5) is 0 Å². The number of methoxy groups -OCH3 is 1. The Balaban J connectivity index is 1.59. The van der Waals surface area contributed by atoms with E-state index in [0.29, 0.717) is 29.4 Å². The van der Waals surface area contributed by atoms with Crippen LogP contribution in [0.1, 0.15) is 47.2 Å². The lowest BCUT2D eigenvalue weighted by Crippen LogP contribution is -2.21. The third kappa shape index (κ3) is 5.61. The van der Waals surface area contributed by atoms with Crippen molar-refractivity contribution in [1.29, 1.82) is 5.26 Å². The Labute approximate surface area is 224 Å². The van der Waals surface area contributed by atoms with E-state index < -0.39 is 11.9 Å². The number of hydrogen-bond acceptors (Lipinski definition) is 7. The lowest BCUT2D eigenvalue weighted by molar-refractivity contribution is 0.0734. The Morgan fingerprint density at radius 3 is 2.38 bits per heavy atom. The van der Waals surface area contributed by atoms with E-state index in [1.165, 1.54) is 12.1 Å². The minimum atomic E-state index is -0.660. The van der Waals surface area contributed by atoms with Crippen molar-refractivity contribution in [1.82, 2.24) is 0 Å². The summed E-state index contributed by atoms with van der Waals surface area (Å²) < 4.78 is 22.1. The van der Waals surface area contributed by atoms with Gasteiger partial charge in [0.2, 0.25) is 5.88 Å². The van der Waals surface area contributed by atoms with E-state index >= 15 is 0 Å². The Bertz CT molecular complexity index is 1370. The first-order chi connectivity index (χ1) is 17.9. The first-order valence-corrected chi connectivity index (χ1v) is 12.3. The van der Waals surface area contributed by atoms with Crippen molar-refractivity contribution in [2.45, 2.75) is 25.7 Å². The number of allylic oxidation sites excluding steroid dienone is 1. The number of carbonyl (C=O) groups is 1. The summed E-state index contributed by atoms with van der Waals surface area (Å²) in [6, 6.07) is 17.3. The summed E-state index contributed by atoms with van der Waals surface area (Å²) >= 11 is 12.6. The van der Waals surface area contributed by atoms with Gasteiger partial charge in [0.25, 0.3) is 0 Å². The van der Waals surface area contributed by atoms with E-state index in [2.05, 4.69) is 6.07 Å². The van der Waals surface area contributed by atoms with Gasteiger partial charge < -0.3 is 24.7 Å². The van der Waals surface area contributed by atoms with Gasteiger partial charge in [-0.1, -0.05) is 54.7 Å². The molecule has 1 heterocycles. The third-order valence-electron chi connectivity index (χ3n) is 5.83. The monoisotopic (exact) mass is 538 g/mol. The number of esters is 1. The standard InChI is InChI=1S/C28H24Cl2N2O5/c1-3-4-11-35-26-22(29)12-17(13-23(26)30)28(33)36-19-9-10-20-24(14-19)37-27(32)21(15-31)25(20)16-5-7-18(34-2)8-6-16/h5-10,12-14,25H,3-4,11,32H2,1-2H3. The van der Waals surface area contributed by atoms with Crippen LogP contribution in [0.25, 0.3) is 0 Å². The summed E-state index contributed by atoms with van der Waals surface area (Å²) in [7, 11) is 1.58. The predicted octanol–water partition coefficient (Wildman–Crippen LogP) is 6.62. The van der Waals surface area contributed by atoms with Crippen molar-refractivity contribution >= 4 is 29.2 Å². The fraction of sp³-hybridized carbons (Fsp3) is 0.214. The van der Waals surface area contributed by atoms with Gasteiger partial charge in [0.15, 0.2) is 5.75 Å². The molecular weight excluding hydrogens is 515 g/mol. The molecule has 190 valence electrons. The van der Waals surface area contributed by atoms with Crippen LogP contribution in [0.2, 0.25) is 10.0 Å². The van der Waals surface area contributed by atoms with E-state index in [-0.39, 0.29) is 32.8 Å². The van der Waals surface area contributed by atoms with Gasteiger partial charge in [-0.3, -0.25) is 0 Å². The highest BCUT2D eigenvalue weighted by Crippen LogP contribution is 2.44. The second-order valence-corrected chi connectivity index (χ2v) is 9.07. The molecule has 1 aliphatic rings. The average molecular weight is 539 g/mol. The quantitative estimate of drug-likeness (QED) is 0.195. The van der Waals surface area contributed by atoms with Gasteiger partial charge in [-0.2, -0.15) is 5.26 Å². The van der Waals surface area contributed by atoms with Crippen LogP contribution in [-0.4, -0.2) is 19.7 Å². The summed E-state index contributed by atoms with van der Waals surface area (Å²) in [5.41, 5.74) is 8.07. The van der Waals surface area contributed by atoms with Crippen molar-refractivity contribution in [2.75, 3.05) is 13.7 Å². The number of rotatable bonds is 8. The summed E-state index contributed by atoms with van der Waals surface area (Å²) in [6.07, 6.45) is 1.82. The molecule has 2 N–H and O–H groups in total.